The highest BCUT2D eigenvalue weighted by Gasteiger charge is 2.23. The van der Waals surface area contributed by atoms with Gasteiger partial charge in [-0.2, -0.15) is 0 Å². The molecule has 2 rings (SSSR count). The lowest BCUT2D eigenvalue weighted by atomic mass is 10.3. The van der Waals surface area contributed by atoms with Gasteiger partial charge in [0.2, 0.25) is 5.88 Å². The van der Waals surface area contributed by atoms with Crippen molar-refractivity contribution in [2.24, 2.45) is 5.73 Å². The summed E-state index contributed by atoms with van der Waals surface area (Å²) in [5.41, 5.74) is 6.96. The summed E-state index contributed by atoms with van der Waals surface area (Å²) < 4.78 is 5.71. The number of rotatable bonds is 2. The van der Waals surface area contributed by atoms with Gasteiger partial charge in [0.15, 0.2) is 0 Å². The van der Waals surface area contributed by atoms with Crippen LogP contribution in [0.25, 0.3) is 0 Å². The maximum absolute atomic E-state index is 5.80. The molecule has 0 saturated heterocycles. The standard InChI is InChI=1S/C11H16N2O/c1-8-2-5-11(13-7-8)14-10-4-3-9(12)6-10/h2,5,7,9-10H,3-4,6,12H2,1H3. The molecule has 1 saturated carbocycles. The molecule has 2 unspecified atom stereocenters. The van der Waals surface area contributed by atoms with Gasteiger partial charge in [0.25, 0.3) is 0 Å². The van der Waals surface area contributed by atoms with E-state index in [-0.39, 0.29) is 6.10 Å². The minimum Gasteiger partial charge on any atom is -0.474 e. The van der Waals surface area contributed by atoms with Crippen LogP contribution < -0.4 is 10.5 Å². The molecule has 2 atom stereocenters. The van der Waals surface area contributed by atoms with Gasteiger partial charge in [0, 0.05) is 18.3 Å². The SMILES string of the molecule is Cc1ccc(OC2CCC(N)C2)nc1. The molecule has 1 aliphatic carbocycles. The summed E-state index contributed by atoms with van der Waals surface area (Å²) in [4.78, 5) is 4.20. The molecule has 0 aliphatic heterocycles. The molecule has 0 radical (unpaired) electrons. The Balaban J connectivity index is 1.94. The topological polar surface area (TPSA) is 48.1 Å². The zero-order valence-corrected chi connectivity index (χ0v) is 8.44. The van der Waals surface area contributed by atoms with E-state index in [1.165, 1.54) is 0 Å². The van der Waals surface area contributed by atoms with Crippen LogP contribution in [0.15, 0.2) is 18.3 Å². The lowest BCUT2D eigenvalue weighted by molar-refractivity contribution is 0.199. The predicted molar refractivity (Wildman–Crippen MR) is 55.2 cm³/mol. The minimum atomic E-state index is 0.264. The number of aryl methyl sites for hydroxylation is 1. The van der Waals surface area contributed by atoms with E-state index in [4.69, 9.17) is 10.5 Å². The third-order valence-corrected chi connectivity index (χ3v) is 2.60. The monoisotopic (exact) mass is 192 g/mol. The number of aromatic nitrogens is 1. The van der Waals surface area contributed by atoms with Crippen LogP contribution in [0, 0.1) is 6.92 Å². The predicted octanol–water partition coefficient (Wildman–Crippen LogP) is 1.65. The Kier molecular flexibility index (Phi) is 2.68. The summed E-state index contributed by atoms with van der Waals surface area (Å²) in [5, 5.41) is 0. The van der Waals surface area contributed by atoms with Crippen molar-refractivity contribution in [2.75, 3.05) is 0 Å². The molecule has 0 amide bonds. The number of hydrogen-bond donors (Lipinski definition) is 1. The number of hydrogen-bond acceptors (Lipinski definition) is 3. The van der Waals surface area contributed by atoms with E-state index < -0.39 is 0 Å². The molecular formula is C11H16N2O. The summed E-state index contributed by atoms with van der Waals surface area (Å²) in [6, 6.07) is 4.24. The molecule has 76 valence electrons. The summed E-state index contributed by atoms with van der Waals surface area (Å²) >= 11 is 0. The molecule has 0 aromatic carbocycles. The number of ether oxygens (including phenoxy) is 1. The Labute approximate surface area is 84.3 Å². The summed E-state index contributed by atoms with van der Waals surface area (Å²) in [6.45, 7) is 2.02. The highest BCUT2D eigenvalue weighted by atomic mass is 16.5. The van der Waals surface area contributed by atoms with E-state index >= 15 is 0 Å². The first-order valence-electron chi connectivity index (χ1n) is 5.09. The molecule has 3 nitrogen and oxygen atoms in total. The molecule has 14 heavy (non-hydrogen) atoms. The van der Waals surface area contributed by atoms with E-state index in [1.54, 1.807) is 0 Å². The molecule has 1 heterocycles. The Morgan fingerprint density at radius 3 is 2.86 bits per heavy atom. The third kappa shape index (κ3) is 2.23. The molecule has 1 aromatic rings. The van der Waals surface area contributed by atoms with E-state index in [2.05, 4.69) is 4.98 Å². The minimum absolute atomic E-state index is 0.264. The third-order valence-electron chi connectivity index (χ3n) is 2.60. The summed E-state index contributed by atoms with van der Waals surface area (Å²) in [6.07, 6.45) is 5.16. The molecule has 1 fully saturated rings. The van der Waals surface area contributed by atoms with Crippen LogP contribution >= 0.6 is 0 Å². The molecular weight excluding hydrogens is 176 g/mol. The van der Waals surface area contributed by atoms with Gasteiger partial charge in [-0.25, -0.2) is 4.98 Å². The second-order valence-electron chi connectivity index (χ2n) is 3.99. The van der Waals surface area contributed by atoms with Crippen molar-refractivity contribution in [3.63, 3.8) is 0 Å². The molecule has 3 heteroatoms. The highest BCUT2D eigenvalue weighted by Crippen LogP contribution is 2.22. The van der Waals surface area contributed by atoms with Crippen LogP contribution in [0.1, 0.15) is 24.8 Å². The van der Waals surface area contributed by atoms with E-state index in [1.807, 2.05) is 25.3 Å². The van der Waals surface area contributed by atoms with Gasteiger partial charge in [0.1, 0.15) is 6.10 Å². The summed E-state index contributed by atoms with van der Waals surface area (Å²) in [5.74, 6) is 0.717. The van der Waals surface area contributed by atoms with Crippen molar-refractivity contribution in [1.29, 1.82) is 0 Å². The van der Waals surface area contributed by atoms with Crippen molar-refractivity contribution >= 4 is 0 Å². The molecule has 2 N–H and O–H groups in total. The Morgan fingerprint density at radius 2 is 2.29 bits per heavy atom. The molecule has 0 spiro atoms. The first kappa shape index (κ1) is 9.46. The van der Waals surface area contributed by atoms with Crippen LogP contribution in [0.3, 0.4) is 0 Å². The lowest BCUT2D eigenvalue weighted by Gasteiger charge is -2.12. The molecule has 0 bridgehead atoms. The van der Waals surface area contributed by atoms with Gasteiger partial charge in [-0.1, -0.05) is 6.07 Å². The first-order valence-corrected chi connectivity index (χ1v) is 5.09. The van der Waals surface area contributed by atoms with Crippen LogP contribution in [0.4, 0.5) is 0 Å². The van der Waals surface area contributed by atoms with E-state index in [9.17, 15) is 0 Å². The maximum Gasteiger partial charge on any atom is 0.213 e. The van der Waals surface area contributed by atoms with Crippen LogP contribution in [0.2, 0.25) is 0 Å². The summed E-state index contributed by atoms with van der Waals surface area (Å²) in [7, 11) is 0. The fourth-order valence-electron chi connectivity index (χ4n) is 1.78. The van der Waals surface area contributed by atoms with Gasteiger partial charge in [-0.15, -0.1) is 0 Å². The van der Waals surface area contributed by atoms with Crippen LogP contribution in [0.5, 0.6) is 5.88 Å². The van der Waals surface area contributed by atoms with Crippen LogP contribution in [-0.4, -0.2) is 17.1 Å². The second-order valence-corrected chi connectivity index (χ2v) is 3.99. The largest absolute Gasteiger partial charge is 0.474 e. The smallest absolute Gasteiger partial charge is 0.213 e. The lowest BCUT2D eigenvalue weighted by Crippen LogP contribution is -2.19. The van der Waals surface area contributed by atoms with Gasteiger partial charge >= 0.3 is 0 Å². The van der Waals surface area contributed by atoms with Crippen molar-refractivity contribution in [2.45, 2.75) is 38.3 Å². The van der Waals surface area contributed by atoms with Gasteiger partial charge in [-0.3, -0.25) is 0 Å². The zero-order chi connectivity index (χ0) is 9.97. The van der Waals surface area contributed by atoms with Crippen molar-refractivity contribution in [3.05, 3.63) is 23.9 Å². The number of pyridine rings is 1. The highest BCUT2D eigenvalue weighted by molar-refractivity contribution is 5.16. The molecule has 1 aliphatic rings. The van der Waals surface area contributed by atoms with E-state index in [0.717, 1.165) is 30.7 Å². The van der Waals surface area contributed by atoms with Crippen molar-refractivity contribution in [3.8, 4) is 5.88 Å². The number of nitrogens with zero attached hydrogens (tertiary/aromatic N) is 1. The quantitative estimate of drug-likeness (QED) is 0.775. The fourth-order valence-corrected chi connectivity index (χ4v) is 1.78. The average Bonchev–Trinajstić information content (AvgIpc) is 2.56. The normalized spacial score (nSPS) is 26.4. The van der Waals surface area contributed by atoms with E-state index in [0.29, 0.717) is 6.04 Å². The van der Waals surface area contributed by atoms with Crippen molar-refractivity contribution < 1.29 is 4.74 Å². The second kappa shape index (κ2) is 3.96. The van der Waals surface area contributed by atoms with Gasteiger partial charge in [0.05, 0.1) is 0 Å². The molecule has 1 aromatic heterocycles. The van der Waals surface area contributed by atoms with Crippen molar-refractivity contribution in [1.82, 2.24) is 4.98 Å². The fraction of sp³-hybridized carbons (Fsp3) is 0.545. The maximum atomic E-state index is 5.80. The Bertz CT molecular complexity index is 297. The van der Waals surface area contributed by atoms with Gasteiger partial charge < -0.3 is 10.5 Å². The Hall–Kier alpha value is -1.09. The zero-order valence-electron chi connectivity index (χ0n) is 8.44. The number of nitrogens with two attached hydrogens (primary N) is 1. The Morgan fingerprint density at radius 1 is 1.43 bits per heavy atom. The first-order chi connectivity index (χ1) is 6.74. The van der Waals surface area contributed by atoms with Gasteiger partial charge in [-0.05, 0) is 31.7 Å². The average molecular weight is 192 g/mol. The van der Waals surface area contributed by atoms with Crippen LogP contribution in [-0.2, 0) is 0 Å².